The molecule has 0 aromatic heterocycles. The first-order valence-electron chi connectivity index (χ1n) is 15.9. The number of aliphatic hydroxyl groups is 2. The van der Waals surface area contributed by atoms with Gasteiger partial charge in [0.25, 0.3) is 0 Å². The Morgan fingerprint density at radius 3 is 1.89 bits per heavy atom. The standard InChI is InChI=1S/C33H46O8S4/c1-23-30-18-27(38-19-25(34)21-40-32(36)8-4-2-6-28-14-16-42-44-28)12-10-24(30)11-13-31(23)39-20-26(35)22-41-33(37)9-5-3-7-29-15-17-43-45-29/h10-13,18,25-26,28-29,34-35H,2-9,14-17,19-22H2,1H3. The number of unbranched alkanes of at least 4 members (excludes halogenated alkanes) is 2. The van der Waals surface area contributed by atoms with Crippen molar-refractivity contribution >= 4 is 65.9 Å². The molecule has 0 saturated carbocycles. The Balaban J connectivity index is 1.12. The molecule has 2 saturated heterocycles. The molecule has 250 valence electrons. The van der Waals surface area contributed by atoms with Crippen LogP contribution in [0, 0.1) is 6.92 Å². The summed E-state index contributed by atoms with van der Waals surface area (Å²) in [4.78, 5) is 24.1. The first kappa shape index (κ1) is 36.4. The second-order valence-electron chi connectivity index (χ2n) is 11.5. The number of aliphatic hydroxyl groups excluding tert-OH is 2. The van der Waals surface area contributed by atoms with Crippen LogP contribution in [-0.4, -0.2) is 82.8 Å². The lowest BCUT2D eigenvalue weighted by molar-refractivity contribution is -0.148. The summed E-state index contributed by atoms with van der Waals surface area (Å²) in [6.45, 7) is 1.71. The molecule has 0 bridgehead atoms. The number of carbonyl (C=O) groups is 2. The predicted octanol–water partition coefficient (Wildman–Crippen LogP) is 7.14. The third-order valence-corrected chi connectivity index (χ3v) is 13.7. The molecule has 4 atom stereocenters. The van der Waals surface area contributed by atoms with Gasteiger partial charge in [-0.05, 0) is 80.0 Å². The SMILES string of the molecule is Cc1c(OCC(O)COC(=O)CCCCC2CCSS2)ccc2ccc(OCC(O)COC(=O)CCCCC3CCSS3)cc12. The van der Waals surface area contributed by atoms with E-state index in [0.29, 0.717) is 34.8 Å². The smallest absolute Gasteiger partial charge is 0.305 e. The van der Waals surface area contributed by atoms with Gasteiger partial charge in [-0.2, -0.15) is 0 Å². The number of esters is 2. The van der Waals surface area contributed by atoms with E-state index < -0.39 is 12.2 Å². The molecule has 2 aliphatic rings. The maximum Gasteiger partial charge on any atom is 0.305 e. The van der Waals surface area contributed by atoms with E-state index in [0.717, 1.165) is 54.9 Å². The second kappa shape index (κ2) is 20.0. The van der Waals surface area contributed by atoms with Gasteiger partial charge in [0, 0.05) is 34.8 Å². The van der Waals surface area contributed by atoms with Crippen molar-refractivity contribution in [1.82, 2.24) is 0 Å². The minimum Gasteiger partial charge on any atom is -0.491 e. The largest absolute Gasteiger partial charge is 0.491 e. The lowest BCUT2D eigenvalue weighted by Gasteiger charge is -2.16. The number of ether oxygens (including phenoxy) is 4. The highest BCUT2D eigenvalue weighted by atomic mass is 33.1. The van der Waals surface area contributed by atoms with Crippen LogP contribution < -0.4 is 9.47 Å². The van der Waals surface area contributed by atoms with Gasteiger partial charge < -0.3 is 29.2 Å². The van der Waals surface area contributed by atoms with Gasteiger partial charge in [0.2, 0.25) is 0 Å². The minimum absolute atomic E-state index is 0.00392. The fraction of sp³-hybridized carbons (Fsp3) is 0.636. The van der Waals surface area contributed by atoms with Gasteiger partial charge in [-0.15, -0.1) is 0 Å². The molecular weight excluding hydrogens is 653 g/mol. The van der Waals surface area contributed by atoms with Gasteiger partial charge in [0.1, 0.15) is 50.1 Å². The molecule has 0 radical (unpaired) electrons. The van der Waals surface area contributed by atoms with Crippen LogP contribution in [0.1, 0.15) is 69.8 Å². The molecule has 0 aliphatic carbocycles. The Labute approximate surface area is 282 Å². The average Bonchev–Trinajstić information content (AvgIpc) is 3.77. The topological polar surface area (TPSA) is 112 Å². The summed E-state index contributed by atoms with van der Waals surface area (Å²) >= 11 is 0. The number of hydrogen-bond acceptors (Lipinski definition) is 12. The van der Waals surface area contributed by atoms with Gasteiger partial charge >= 0.3 is 11.9 Å². The molecular formula is C33H46O8S4. The summed E-state index contributed by atoms with van der Waals surface area (Å²) in [5.74, 6) is 3.05. The molecule has 8 nitrogen and oxygen atoms in total. The van der Waals surface area contributed by atoms with E-state index in [-0.39, 0.29) is 38.4 Å². The summed E-state index contributed by atoms with van der Waals surface area (Å²) in [5, 5.41) is 24.0. The summed E-state index contributed by atoms with van der Waals surface area (Å²) in [6, 6.07) is 9.41. The van der Waals surface area contributed by atoms with Crippen molar-refractivity contribution in [1.29, 1.82) is 0 Å². The van der Waals surface area contributed by atoms with Crippen LogP contribution in [0.5, 0.6) is 11.5 Å². The van der Waals surface area contributed by atoms with Crippen LogP contribution in [0.15, 0.2) is 30.3 Å². The monoisotopic (exact) mass is 698 g/mol. The second-order valence-corrected chi connectivity index (χ2v) is 17.1. The van der Waals surface area contributed by atoms with E-state index in [1.807, 2.05) is 80.4 Å². The van der Waals surface area contributed by atoms with E-state index in [2.05, 4.69) is 0 Å². The number of benzene rings is 2. The number of aryl methyl sites for hydroxylation is 1. The highest BCUT2D eigenvalue weighted by molar-refractivity contribution is 8.77. The zero-order chi connectivity index (χ0) is 31.9. The highest BCUT2D eigenvalue weighted by Crippen LogP contribution is 2.40. The number of rotatable bonds is 20. The maximum atomic E-state index is 12.1. The van der Waals surface area contributed by atoms with Crippen LogP contribution >= 0.6 is 43.2 Å². The van der Waals surface area contributed by atoms with Crippen molar-refractivity contribution in [2.45, 2.75) is 93.8 Å². The van der Waals surface area contributed by atoms with Crippen molar-refractivity contribution in [3.05, 3.63) is 35.9 Å². The molecule has 2 fully saturated rings. The fourth-order valence-corrected chi connectivity index (χ4v) is 11.1. The van der Waals surface area contributed by atoms with Gasteiger partial charge in [-0.25, -0.2) is 0 Å². The van der Waals surface area contributed by atoms with Gasteiger partial charge in [-0.1, -0.05) is 68.1 Å². The molecule has 0 amide bonds. The van der Waals surface area contributed by atoms with E-state index in [9.17, 15) is 19.8 Å². The van der Waals surface area contributed by atoms with Crippen molar-refractivity contribution in [3.63, 3.8) is 0 Å². The van der Waals surface area contributed by atoms with Crippen LogP contribution in [0.4, 0.5) is 0 Å². The van der Waals surface area contributed by atoms with E-state index >= 15 is 0 Å². The van der Waals surface area contributed by atoms with Crippen LogP contribution in [0.25, 0.3) is 10.8 Å². The lowest BCUT2D eigenvalue weighted by atomic mass is 10.0. The Morgan fingerprint density at radius 1 is 0.778 bits per heavy atom. The van der Waals surface area contributed by atoms with Gasteiger partial charge in [0.15, 0.2) is 0 Å². The molecule has 2 heterocycles. The van der Waals surface area contributed by atoms with E-state index in [1.54, 1.807) is 0 Å². The summed E-state index contributed by atoms with van der Waals surface area (Å²) in [5.41, 5.74) is 0.876. The maximum absolute atomic E-state index is 12.1. The quantitative estimate of drug-likeness (QED) is 0.0833. The van der Waals surface area contributed by atoms with Crippen molar-refractivity contribution in [2.75, 3.05) is 37.9 Å². The molecule has 45 heavy (non-hydrogen) atoms. The average molecular weight is 699 g/mol. The summed E-state index contributed by atoms with van der Waals surface area (Å²) < 4.78 is 22.2. The summed E-state index contributed by atoms with van der Waals surface area (Å²) in [6.07, 6.45) is 7.29. The van der Waals surface area contributed by atoms with Crippen LogP contribution in [0.3, 0.4) is 0 Å². The van der Waals surface area contributed by atoms with E-state index in [4.69, 9.17) is 18.9 Å². The molecule has 2 aromatic rings. The van der Waals surface area contributed by atoms with Gasteiger partial charge in [0.05, 0.1) is 0 Å². The first-order chi connectivity index (χ1) is 21.9. The number of carbonyl (C=O) groups excluding carboxylic acids is 2. The Bertz CT molecular complexity index is 1200. The molecule has 0 spiro atoms. The zero-order valence-electron chi connectivity index (χ0n) is 26.0. The summed E-state index contributed by atoms with van der Waals surface area (Å²) in [7, 11) is 7.77. The molecule has 4 unspecified atom stereocenters. The minimum atomic E-state index is -0.934. The normalized spacial score (nSPS) is 19.4. The highest BCUT2D eigenvalue weighted by Gasteiger charge is 2.18. The van der Waals surface area contributed by atoms with Crippen molar-refractivity contribution < 1.29 is 38.7 Å². The molecule has 2 aliphatic heterocycles. The molecule has 2 aromatic carbocycles. The third kappa shape index (κ3) is 13.3. The molecule has 2 N–H and O–H groups in total. The lowest BCUT2D eigenvalue weighted by Crippen LogP contribution is -2.25. The van der Waals surface area contributed by atoms with E-state index in [1.165, 1.54) is 24.3 Å². The first-order valence-corrected chi connectivity index (χ1v) is 20.7. The van der Waals surface area contributed by atoms with Crippen LogP contribution in [-0.2, 0) is 19.1 Å². The third-order valence-electron chi connectivity index (χ3n) is 7.73. The number of fused-ring (bicyclic) bond motifs is 1. The van der Waals surface area contributed by atoms with Gasteiger partial charge in [-0.3, -0.25) is 9.59 Å². The van der Waals surface area contributed by atoms with Crippen molar-refractivity contribution in [2.24, 2.45) is 0 Å². The Kier molecular flexibility index (Phi) is 16.2. The Morgan fingerprint density at radius 2 is 1.33 bits per heavy atom. The van der Waals surface area contributed by atoms with Crippen molar-refractivity contribution in [3.8, 4) is 11.5 Å². The predicted molar refractivity (Wildman–Crippen MR) is 187 cm³/mol. The fourth-order valence-electron chi connectivity index (χ4n) is 5.08. The number of hydrogen-bond donors (Lipinski definition) is 2. The molecule has 12 heteroatoms. The Hall–Kier alpha value is -1.44. The zero-order valence-corrected chi connectivity index (χ0v) is 29.3. The van der Waals surface area contributed by atoms with Crippen LogP contribution in [0.2, 0.25) is 0 Å². The molecule has 4 rings (SSSR count).